The molecule has 0 aliphatic carbocycles. The Hall–Kier alpha value is -1.58. The largest absolute Gasteiger partial charge is 0.322 e. The number of hydrogen-bond donors (Lipinski definition) is 1. The van der Waals surface area contributed by atoms with Crippen LogP contribution in [0.2, 0.25) is 5.02 Å². The summed E-state index contributed by atoms with van der Waals surface area (Å²) in [6, 6.07) is 11.1. The van der Waals surface area contributed by atoms with Gasteiger partial charge in [0.25, 0.3) is 5.91 Å². The van der Waals surface area contributed by atoms with Gasteiger partial charge in [-0.2, -0.15) is 0 Å². The van der Waals surface area contributed by atoms with Crippen LogP contribution in [0, 0.1) is 5.82 Å². The fourth-order valence-electron chi connectivity index (χ4n) is 1.59. The Morgan fingerprint density at radius 3 is 2.63 bits per heavy atom. The van der Waals surface area contributed by atoms with Gasteiger partial charge in [-0.1, -0.05) is 29.8 Å². The normalized spacial score (nSPS) is 10.3. The van der Waals surface area contributed by atoms with Gasteiger partial charge in [-0.05, 0) is 29.8 Å². The minimum absolute atomic E-state index is 0.0160. The first kappa shape index (κ1) is 13.8. The highest BCUT2D eigenvalue weighted by atomic mass is 35.5. The molecule has 0 heterocycles. The summed E-state index contributed by atoms with van der Waals surface area (Å²) in [6.07, 6.45) is 0. The van der Waals surface area contributed by atoms with Gasteiger partial charge in [0.05, 0.1) is 5.02 Å². The van der Waals surface area contributed by atoms with E-state index in [1.54, 1.807) is 12.1 Å². The second-order valence-electron chi connectivity index (χ2n) is 3.87. The molecule has 0 unspecified atom stereocenters. The molecule has 0 fully saturated rings. The monoisotopic (exact) mass is 297 g/mol. The Morgan fingerprint density at radius 2 is 1.95 bits per heavy atom. The third-order valence-corrected chi connectivity index (χ3v) is 3.19. The Morgan fingerprint density at radius 1 is 1.21 bits per heavy atom. The van der Waals surface area contributed by atoms with Crippen molar-refractivity contribution in [3.63, 3.8) is 0 Å². The summed E-state index contributed by atoms with van der Waals surface area (Å²) < 4.78 is 13.3. The highest BCUT2D eigenvalue weighted by molar-refractivity contribution is 6.30. The molecule has 0 spiro atoms. The maximum absolute atomic E-state index is 13.3. The zero-order chi connectivity index (χ0) is 13.8. The van der Waals surface area contributed by atoms with Crippen LogP contribution in [0.5, 0.6) is 0 Å². The van der Waals surface area contributed by atoms with Crippen LogP contribution in [0.4, 0.5) is 10.1 Å². The smallest absolute Gasteiger partial charge is 0.255 e. The SMILES string of the molecule is O=C(Nc1ccccc1CCl)c1ccc(Cl)c(F)c1. The Labute approximate surface area is 120 Å². The van der Waals surface area contributed by atoms with Gasteiger partial charge in [-0.25, -0.2) is 4.39 Å². The molecular weight excluding hydrogens is 288 g/mol. The number of hydrogen-bond acceptors (Lipinski definition) is 1. The average Bonchev–Trinajstić information content (AvgIpc) is 2.42. The van der Waals surface area contributed by atoms with E-state index in [4.69, 9.17) is 23.2 Å². The first-order valence-electron chi connectivity index (χ1n) is 5.52. The first-order chi connectivity index (χ1) is 9.11. The minimum atomic E-state index is -0.625. The van der Waals surface area contributed by atoms with Crippen LogP contribution in [0.25, 0.3) is 0 Å². The lowest BCUT2D eigenvalue weighted by atomic mass is 10.1. The average molecular weight is 298 g/mol. The molecule has 0 aliphatic rings. The minimum Gasteiger partial charge on any atom is -0.322 e. The highest BCUT2D eigenvalue weighted by Gasteiger charge is 2.10. The molecule has 0 atom stereocenters. The van der Waals surface area contributed by atoms with Crippen LogP contribution in [0.1, 0.15) is 15.9 Å². The predicted molar refractivity (Wildman–Crippen MR) is 75.4 cm³/mol. The number of anilines is 1. The summed E-state index contributed by atoms with van der Waals surface area (Å²) in [7, 11) is 0. The molecule has 19 heavy (non-hydrogen) atoms. The number of alkyl halides is 1. The number of benzene rings is 2. The van der Waals surface area contributed by atoms with Crippen LogP contribution in [0.3, 0.4) is 0 Å². The van der Waals surface area contributed by atoms with Gasteiger partial charge in [-0.15, -0.1) is 11.6 Å². The summed E-state index contributed by atoms with van der Waals surface area (Å²) in [6.45, 7) is 0. The summed E-state index contributed by atoms with van der Waals surface area (Å²) in [5.41, 5.74) is 1.61. The number of nitrogens with one attached hydrogen (secondary N) is 1. The van der Waals surface area contributed by atoms with Crippen LogP contribution in [-0.4, -0.2) is 5.91 Å². The summed E-state index contributed by atoms with van der Waals surface area (Å²) in [4.78, 5) is 12.0. The molecule has 1 N–H and O–H groups in total. The van der Waals surface area contributed by atoms with Gasteiger partial charge in [0.15, 0.2) is 0 Å². The van der Waals surface area contributed by atoms with E-state index in [0.717, 1.165) is 11.6 Å². The lowest BCUT2D eigenvalue weighted by Crippen LogP contribution is -2.13. The van der Waals surface area contributed by atoms with E-state index in [9.17, 15) is 9.18 Å². The van der Waals surface area contributed by atoms with Crippen molar-refractivity contribution in [3.8, 4) is 0 Å². The molecule has 2 nitrogen and oxygen atoms in total. The van der Waals surface area contributed by atoms with Crippen molar-refractivity contribution in [3.05, 3.63) is 64.4 Å². The molecule has 2 rings (SSSR count). The van der Waals surface area contributed by atoms with Crippen molar-refractivity contribution in [2.75, 3.05) is 5.32 Å². The van der Waals surface area contributed by atoms with Crippen LogP contribution >= 0.6 is 23.2 Å². The summed E-state index contributed by atoms with van der Waals surface area (Å²) >= 11 is 11.3. The molecule has 0 bridgehead atoms. The topological polar surface area (TPSA) is 29.1 Å². The van der Waals surface area contributed by atoms with Gasteiger partial charge in [0.1, 0.15) is 5.82 Å². The Bertz CT molecular complexity index is 616. The summed E-state index contributed by atoms with van der Waals surface area (Å²) in [5, 5.41) is 2.68. The molecule has 1 amide bonds. The van der Waals surface area contributed by atoms with E-state index in [1.807, 2.05) is 12.1 Å². The van der Waals surface area contributed by atoms with E-state index < -0.39 is 11.7 Å². The van der Waals surface area contributed by atoms with Gasteiger partial charge in [0, 0.05) is 17.1 Å². The second kappa shape index (κ2) is 6.04. The first-order valence-corrected chi connectivity index (χ1v) is 6.43. The standard InChI is InChI=1S/C14H10Cl2FNO/c15-8-10-3-1-2-4-13(10)18-14(19)9-5-6-11(16)12(17)7-9/h1-7H,8H2,(H,18,19). The Balaban J connectivity index is 2.23. The van der Waals surface area contributed by atoms with E-state index in [1.165, 1.54) is 12.1 Å². The number of halogens is 3. The third kappa shape index (κ3) is 3.25. The van der Waals surface area contributed by atoms with Crippen molar-refractivity contribution in [2.45, 2.75) is 5.88 Å². The number of para-hydroxylation sites is 1. The quantitative estimate of drug-likeness (QED) is 0.832. The van der Waals surface area contributed by atoms with Crippen LogP contribution in [0.15, 0.2) is 42.5 Å². The zero-order valence-corrected chi connectivity index (χ0v) is 11.3. The van der Waals surface area contributed by atoms with Gasteiger partial charge >= 0.3 is 0 Å². The zero-order valence-electron chi connectivity index (χ0n) is 9.79. The van der Waals surface area contributed by atoms with Crippen molar-refractivity contribution in [1.82, 2.24) is 0 Å². The lowest BCUT2D eigenvalue weighted by molar-refractivity contribution is 0.102. The molecule has 2 aromatic rings. The molecule has 0 saturated carbocycles. The highest BCUT2D eigenvalue weighted by Crippen LogP contribution is 2.20. The summed E-state index contributed by atoms with van der Waals surface area (Å²) in [5.74, 6) is -0.751. The van der Waals surface area contributed by atoms with Gasteiger partial charge < -0.3 is 5.32 Å². The number of carbonyl (C=O) groups excluding carboxylic acids is 1. The van der Waals surface area contributed by atoms with Crippen molar-refractivity contribution < 1.29 is 9.18 Å². The number of carbonyl (C=O) groups is 1. The number of amides is 1. The third-order valence-electron chi connectivity index (χ3n) is 2.59. The van der Waals surface area contributed by atoms with E-state index >= 15 is 0 Å². The van der Waals surface area contributed by atoms with E-state index in [0.29, 0.717) is 5.69 Å². The van der Waals surface area contributed by atoms with Crippen molar-refractivity contribution in [1.29, 1.82) is 0 Å². The maximum atomic E-state index is 13.3. The molecule has 2 aromatic carbocycles. The molecule has 5 heteroatoms. The van der Waals surface area contributed by atoms with Crippen LogP contribution in [-0.2, 0) is 5.88 Å². The van der Waals surface area contributed by atoms with E-state index in [2.05, 4.69) is 5.32 Å². The molecule has 0 aromatic heterocycles. The Kier molecular flexibility index (Phi) is 4.40. The molecule has 0 aliphatic heterocycles. The van der Waals surface area contributed by atoms with Crippen LogP contribution < -0.4 is 5.32 Å². The molecule has 98 valence electrons. The fourth-order valence-corrected chi connectivity index (χ4v) is 1.94. The van der Waals surface area contributed by atoms with Gasteiger partial charge in [-0.3, -0.25) is 4.79 Å². The van der Waals surface area contributed by atoms with Crippen molar-refractivity contribution in [2.24, 2.45) is 0 Å². The second-order valence-corrected chi connectivity index (χ2v) is 4.55. The van der Waals surface area contributed by atoms with Gasteiger partial charge in [0.2, 0.25) is 0 Å². The predicted octanol–water partition coefficient (Wildman–Crippen LogP) is 4.47. The molecule has 0 saturated heterocycles. The van der Waals surface area contributed by atoms with Crippen molar-refractivity contribution >= 4 is 34.8 Å². The lowest BCUT2D eigenvalue weighted by Gasteiger charge is -2.09. The number of rotatable bonds is 3. The maximum Gasteiger partial charge on any atom is 0.255 e. The molecule has 0 radical (unpaired) electrons. The fraction of sp³-hybridized carbons (Fsp3) is 0.0714. The van der Waals surface area contributed by atoms with E-state index in [-0.39, 0.29) is 16.5 Å². The molecular formula is C14H10Cl2FNO.